The van der Waals surface area contributed by atoms with Crippen molar-refractivity contribution < 1.29 is 24.2 Å². The van der Waals surface area contributed by atoms with Gasteiger partial charge in [-0.1, -0.05) is 12.2 Å². The van der Waals surface area contributed by atoms with E-state index in [0.29, 0.717) is 23.1 Å². The van der Waals surface area contributed by atoms with Crippen molar-refractivity contribution in [2.24, 2.45) is 40.6 Å². The Bertz CT molecular complexity index is 854. The van der Waals surface area contributed by atoms with Crippen LogP contribution < -0.4 is 4.74 Å². The number of benzene rings is 1. The van der Waals surface area contributed by atoms with Crippen molar-refractivity contribution >= 4 is 24.0 Å². The van der Waals surface area contributed by atoms with Crippen LogP contribution in [0.1, 0.15) is 12.0 Å². The average molecular weight is 366 g/mol. The van der Waals surface area contributed by atoms with Gasteiger partial charge in [0, 0.05) is 0 Å². The Labute approximate surface area is 155 Å². The Balaban J connectivity index is 1.31. The highest BCUT2D eigenvalue weighted by Crippen LogP contribution is 2.65. The lowest BCUT2D eigenvalue weighted by atomic mass is 9.63. The zero-order valence-electron chi connectivity index (χ0n) is 14.4. The molecule has 27 heavy (non-hydrogen) atoms. The normalized spacial score (nSPS) is 35.5. The van der Waals surface area contributed by atoms with E-state index in [-0.39, 0.29) is 35.5 Å². The number of rotatable bonds is 5. The lowest BCUT2D eigenvalue weighted by Crippen LogP contribution is -2.40. The van der Waals surface area contributed by atoms with Crippen molar-refractivity contribution in [2.75, 3.05) is 6.61 Å². The molecule has 1 saturated heterocycles. The summed E-state index contributed by atoms with van der Waals surface area (Å²) in [6.07, 6.45) is 6.88. The maximum absolute atomic E-state index is 12.8. The molecule has 0 aromatic heterocycles. The maximum Gasteiger partial charge on any atom is 0.341 e. The van der Waals surface area contributed by atoms with E-state index in [1.54, 1.807) is 24.3 Å². The van der Waals surface area contributed by atoms with Gasteiger partial charge >= 0.3 is 5.97 Å². The molecule has 2 amide bonds. The molecule has 0 spiro atoms. The van der Waals surface area contributed by atoms with E-state index in [1.807, 2.05) is 0 Å². The highest BCUT2D eigenvalue weighted by molar-refractivity contribution is 6.06. The SMILES string of the molecule is O=C(O)COc1ccc(/C=N\N2C(=O)[C@@H]3[C@@H]4C=C[C@H]([C@@H]5C[C@H]45)[C@@H]3C2=O)cc1. The first-order valence-electron chi connectivity index (χ1n) is 9.09. The molecule has 0 radical (unpaired) electrons. The molecule has 1 aromatic carbocycles. The van der Waals surface area contributed by atoms with E-state index in [2.05, 4.69) is 17.3 Å². The molecule has 1 N–H and O–H groups in total. The maximum atomic E-state index is 12.8. The molecule has 5 aliphatic rings. The Morgan fingerprint density at radius 3 is 2.26 bits per heavy atom. The fourth-order valence-corrected chi connectivity index (χ4v) is 4.97. The van der Waals surface area contributed by atoms with Gasteiger partial charge in [-0.15, -0.1) is 0 Å². The van der Waals surface area contributed by atoms with Crippen molar-refractivity contribution in [1.29, 1.82) is 0 Å². The minimum absolute atomic E-state index is 0.187. The Morgan fingerprint density at radius 1 is 1.11 bits per heavy atom. The lowest BCUT2D eigenvalue weighted by Gasteiger charge is -2.37. The number of carboxylic acid groups (broad SMARTS) is 1. The summed E-state index contributed by atoms with van der Waals surface area (Å²) in [5, 5.41) is 13.8. The fraction of sp³-hybridized carbons (Fsp3) is 0.400. The summed E-state index contributed by atoms with van der Waals surface area (Å²) in [6.45, 7) is -0.411. The van der Waals surface area contributed by atoms with Crippen LogP contribution in [0.15, 0.2) is 41.5 Å². The fourth-order valence-electron chi connectivity index (χ4n) is 4.97. The van der Waals surface area contributed by atoms with Gasteiger partial charge in [0.05, 0.1) is 18.1 Å². The van der Waals surface area contributed by atoms with Gasteiger partial charge in [-0.2, -0.15) is 10.1 Å². The second-order valence-corrected chi connectivity index (χ2v) is 7.64. The molecule has 7 nitrogen and oxygen atoms in total. The van der Waals surface area contributed by atoms with Gasteiger partial charge in [0.15, 0.2) is 6.61 Å². The Kier molecular flexibility index (Phi) is 3.47. The molecule has 0 unspecified atom stereocenters. The number of carbonyl (C=O) groups is 3. The quantitative estimate of drug-likeness (QED) is 0.484. The first-order valence-corrected chi connectivity index (χ1v) is 9.09. The number of aliphatic carboxylic acids is 1. The van der Waals surface area contributed by atoms with Gasteiger partial charge in [0.25, 0.3) is 11.8 Å². The van der Waals surface area contributed by atoms with Crippen LogP contribution >= 0.6 is 0 Å². The van der Waals surface area contributed by atoms with Crippen molar-refractivity contribution in [3.63, 3.8) is 0 Å². The number of nitrogens with zero attached hydrogens (tertiary/aromatic N) is 2. The summed E-state index contributed by atoms with van der Waals surface area (Å²) in [5.41, 5.74) is 0.692. The first kappa shape index (κ1) is 16.2. The summed E-state index contributed by atoms with van der Waals surface area (Å²) >= 11 is 0. The molecule has 1 heterocycles. The number of amides is 2. The number of hydrogen-bond donors (Lipinski definition) is 1. The Hall–Kier alpha value is -2.96. The molecule has 2 bridgehead atoms. The highest BCUT2D eigenvalue weighted by Gasteiger charge is 2.67. The predicted octanol–water partition coefficient (Wildman–Crippen LogP) is 1.54. The highest BCUT2D eigenvalue weighted by atomic mass is 16.5. The molecule has 7 heteroatoms. The van der Waals surface area contributed by atoms with Gasteiger partial charge in [-0.25, -0.2) is 4.79 Å². The minimum atomic E-state index is -1.05. The third-order valence-corrected chi connectivity index (χ3v) is 6.20. The predicted molar refractivity (Wildman–Crippen MR) is 93.7 cm³/mol. The topological polar surface area (TPSA) is 96.3 Å². The molecule has 6 atom stereocenters. The lowest BCUT2D eigenvalue weighted by molar-refractivity contribution is -0.141. The molecule has 2 saturated carbocycles. The van der Waals surface area contributed by atoms with Crippen LogP contribution in [-0.2, 0) is 14.4 Å². The van der Waals surface area contributed by atoms with Crippen LogP contribution in [-0.4, -0.2) is 40.7 Å². The van der Waals surface area contributed by atoms with Gasteiger partial charge in [0.2, 0.25) is 0 Å². The number of hydrogen-bond acceptors (Lipinski definition) is 5. The molecule has 3 fully saturated rings. The van der Waals surface area contributed by atoms with E-state index < -0.39 is 12.6 Å². The number of imide groups is 1. The summed E-state index contributed by atoms with van der Waals surface area (Å²) in [6, 6.07) is 6.63. The van der Waals surface area contributed by atoms with Crippen LogP contribution in [0.5, 0.6) is 5.75 Å². The van der Waals surface area contributed by atoms with E-state index in [1.165, 1.54) is 6.21 Å². The summed E-state index contributed by atoms with van der Waals surface area (Å²) in [7, 11) is 0. The molecule has 1 aromatic rings. The van der Waals surface area contributed by atoms with Crippen LogP contribution in [0.4, 0.5) is 0 Å². The summed E-state index contributed by atoms with van der Waals surface area (Å²) in [4.78, 5) is 36.1. The largest absolute Gasteiger partial charge is 0.482 e. The number of carbonyl (C=O) groups excluding carboxylic acids is 2. The second kappa shape index (κ2) is 5.77. The van der Waals surface area contributed by atoms with Gasteiger partial charge < -0.3 is 9.84 Å². The van der Waals surface area contributed by atoms with Crippen molar-refractivity contribution in [3.05, 3.63) is 42.0 Å². The first-order chi connectivity index (χ1) is 13.0. The molecule has 1 aliphatic heterocycles. The van der Waals surface area contributed by atoms with E-state index >= 15 is 0 Å². The zero-order valence-corrected chi connectivity index (χ0v) is 14.4. The minimum Gasteiger partial charge on any atom is -0.482 e. The smallest absolute Gasteiger partial charge is 0.341 e. The van der Waals surface area contributed by atoms with E-state index in [9.17, 15) is 14.4 Å². The third kappa shape index (κ3) is 2.49. The molecular formula is C20H18N2O5. The van der Waals surface area contributed by atoms with Crippen molar-refractivity contribution in [2.45, 2.75) is 6.42 Å². The molecule has 138 valence electrons. The molecule has 6 rings (SSSR count). The number of ether oxygens (including phenoxy) is 1. The van der Waals surface area contributed by atoms with Crippen molar-refractivity contribution in [3.8, 4) is 5.75 Å². The van der Waals surface area contributed by atoms with E-state index in [0.717, 1.165) is 11.4 Å². The summed E-state index contributed by atoms with van der Waals surface area (Å²) in [5.74, 6) is 0.0188. The summed E-state index contributed by atoms with van der Waals surface area (Å²) < 4.78 is 5.07. The second-order valence-electron chi connectivity index (χ2n) is 7.64. The van der Waals surface area contributed by atoms with Crippen LogP contribution in [0.2, 0.25) is 0 Å². The number of carboxylic acids is 1. The van der Waals surface area contributed by atoms with Crippen molar-refractivity contribution in [1.82, 2.24) is 5.01 Å². The van der Waals surface area contributed by atoms with Gasteiger partial charge in [0.1, 0.15) is 5.75 Å². The number of allylic oxidation sites excluding steroid dienone is 2. The van der Waals surface area contributed by atoms with Crippen LogP contribution in [0.25, 0.3) is 0 Å². The van der Waals surface area contributed by atoms with Gasteiger partial charge in [-0.3, -0.25) is 9.59 Å². The van der Waals surface area contributed by atoms with E-state index in [4.69, 9.17) is 9.84 Å². The van der Waals surface area contributed by atoms with Crippen LogP contribution in [0, 0.1) is 35.5 Å². The average Bonchev–Trinajstić information content (AvgIpc) is 3.45. The molecule has 4 aliphatic carbocycles. The number of hydrazone groups is 1. The third-order valence-electron chi connectivity index (χ3n) is 6.20. The standard InChI is InChI=1S/C20H18N2O5/c23-16(24)9-27-11-3-1-10(2-4-11)8-21-22-19(25)17-12-5-6-13(15-7-14(12)15)18(17)20(22)26/h1-6,8,12-15,17-18H,7,9H2,(H,23,24)/b21-8-/t12-,13-,14-,15+,17-,18+/m1/s1. The Morgan fingerprint density at radius 2 is 1.70 bits per heavy atom. The molecular weight excluding hydrogens is 348 g/mol. The monoisotopic (exact) mass is 366 g/mol. The zero-order chi connectivity index (χ0) is 18.7. The van der Waals surface area contributed by atoms with Gasteiger partial charge in [-0.05, 0) is 59.9 Å². The van der Waals surface area contributed by atoms with Crippen LogP contribution in [0.3, 0.4) is 0 Å².